The molecule has 1 N–H and O–H groups in total. The number of aliphatic hydroxyl groups excluding tert-OH is 1. The van der Waals surface area contributed by atoms with E-state index >= 15 is 0 Å². The molecular formula is C8H11NO2. The molecule has 11 heavy (non-hydrogen) atoms. The second-order valence-corrected chi connectivity index (χ2v) is 2.62. The maximum absolute atomic E-state index is 11.1. The number of hydrogen-bond acceptors (Lipinski definition) is 2. The van der Waals surface area contributed by atoms with Crippen LogP contribution in [0.15, 0.2) is 0 Å². The highest BCUT2D eigenvalue weighted by atomic mass is 16.2. The predicted molar refractivity (Wildman–Crippen MR) is 40.1 cm³/mol. The van der Waals surface area contributed by atoms with Crippen LogP contribution in [0.3, 0.4) is 0 Å². The monoisotopic (exact) mass is 153 g/mol. The average Bonchev–Trinajstić information content (AvgIpc) is 2.36. The zero-order valence-corrected chi connectivity index (χ0v) is 6.50. The Morgan fingerprint density at radius 1 is 1.73 bits per heavy atom. The first kappa shape index (κ1) is 7.93. The first-order valence-corrected chi connectivity index (χ1v) is 3.70. The third kappa shape index (κ3) is 1.64. The standard InChI is InChI=1S/C8H11NO2/c1-7(4-6-10)9-5-2-3-8(9)11/h7,10H,2-3,5H2,1H3. The van der Waals surface area contributed by atoms with Gasteiger partial charge in [0.05, 0.1) is 6.04 Å². The number of aliphatic hydroxyl groups is 1. The number of carbonyl (C=O) groups is 1. The molecule has 3 nitrogen and oxygen atoms in total. The summed E-state index contributed by atoms with van der Waals surface area (Å²) in [6.07, 6.45) is 3.36. The summed E-state index contributed by atoms with van der Waals surface area (Å²) in [5.41, 5.74) is 0. The summed E-state index contributed by atoms with van der Waals surface area (Å²) in [6, 6.07) is -0.144. The van der Waals surface area contributed by atoms with Crippen molar-refractivity contribution in [2.75, 3.05) is 6.54 Å². The van der Waals surface area contributed by atoms with Crippen LogP contribution in [-0.4, -0.2) is 28.5 Å². The van der Waals surface area contributed by atoms with Gasteiger partial charge in [-0.1, -0.05) is 0 Å². The van der Waals surface area contributed by atoms with Gasteiger partial charge in [0.2, 0.25) is 5.91 Å². The smallest absolute Gasteiger partial charge is 0.223 e. The highest BCUT2D eigenvalue weighted by Gasteiger charge is 2.23. The van der Waals surface area contributed by atoms with Crippen LogP contribution >= 0.6 is 0 Å². The van der Waals surface area contributed by atoms with Gasteiger partial charge in [0, 0.05) is 13.0 Å². The average molecular weight is 153 g/mol. The molecule has 1 amide bonds. The van der Waals surface area contributed by atoms with Crippen LogP contribution in [0.5, 0.6) is 0 Å². The quantitative estimate of drug-likeness (QED) is 0.551. The lowest BCUT2D eigenvalue weighted by molar-refractivity contribution is -0.128. The maximum Gasteiger partial charge on any atom is 0.223 e. The van der Waals surface area contributed by atoms with Crippen LogP contribution in [0.2, 0.25) is 0 Å². The number of amides is 1. The van der Waals surface area contributed by atoms with Crippen LogP contribution in [0.25, 0.3) is 0 Å². The minimum absolute atomic E-state index is 0.139. The van der Waals surface area contributed by atoms with Crippen molar-refractivity contribution in [2.45, 2.75) is 25.8 Å². The van der Waals surface area contributed by atoms with Crippen molar-refractivity contribution in [3.63, 3.8) is 0 Å². The van der Waals surface area contributed by atoms with Crippen molar-refractivity contribution < 1.29 is 9.90 Å². The summed E-state index contributed by atoms with van der Waals surface area (Å²) in [5, 5.41) is 8.28. The lowest BCUT2D eigenvalue weighted by Gasteiger charge is -2.18. The third-order valence-electron chi connectivity index (χ3n) is 1.85. The molecule has 3 heteroatoms. The minimum atomic E-state index is -0.144. The lowest BCUT2D eigenvalue weighted by atomic mass is 10.3. The first-order valence-electron chi connectivity index (χ1n) is 3.70. The summed E-state index contributed by atoms with van der Waals surface area (Å²) in [5.74, 6) is 2.67. The Morgan fingerprint density at radius 2 is 2.45 bits per heavy atom. The Kier molecular flexibility index (Phi) is 2.37. The minimum Gasteiger partial charge on any atom is -0.462 e. The second kappa shape index (κ2) is 3.29. The number of rotatable bonds is 1. The molecule has 60 valence electrons. The zero-order valence-electron chi connectivity index (χ0n) is 6.50. The SMILES string of the molecule is CC(C#CO)N1CCCC1=O. The zero-order chi connectivity index (χ0) is 8.27. The molecule has 0 spiro atoms. The van der Waals surface area contributed by atoms with Gasteiger partial charge >= 0.3 is 0 Å². The van der Waals surface area contributed by atoms with Crippen LogP contribution in [0.1, 0.15) is 19.8 Å². The summed E-state index contributed by atoms with van der Waals surface area (Å²) >= 11 is 0. The van der Waals surface area contributed by atoms with Gasteiger partial charge in [0.15, 0.2) is 0 Å². The Hall–Kier alpha value is -1.17. The summed E-state index contributed by atoms with van der Waals surface area (Å²) < 4.78 is 0. The number of nitrogens with zero attached hydrogens (tertiary/aromatic N) is 1. The highest BCUT2D eigenvalue weighted by molar-refractivity contribution is 5.78. The van der Waals surface area contributed by atoms with Gasteiger partial charge < -0.3 is 10.0 Å². The van der Waals surface area contributed by atoms with Crippen molar-refractivity contribution >= 4 is 5.91 Å². The van der Waals surface area contributed by atoms with Crippen LogP contribution in [-0.2, 0) is 4.79 Å². The summed E-state index contributed by atoms with van der Waals surface area (Å²) in [6.45, 7) is 2.58. The number of likely N-dealkylation sites (tertiary alicyclic amines) is 1. The molecule has 1 atom stereocenters. The van der Waals surface area contributed by atoms with E-state index in [-0.39, 0.29) is 11.9 Å². The summed E-state index contributed by atoms with van der Waals surface area (Å²) in [7, 11) is 0. The largest absolute Gasteiger partial charge is 0.462 e. The molecule has 1 rings (SSSR count). The van der Waals surface area contributed by atoms with Gasteiger partial charge in [-0.15, -0.1) is 0 Å². The fourth-order valence-corrected chi connectivity index (χ4v) is 1.25. The molecule has 1 fully saturated rings. The van der Waals surface area contributed by atoms with Crippen molar-refractivity contribution in [1.82, 2.24) is 4.90 Å². The second-order valence-electron chi connectivity index (χ2n) is 2.62. The van der Waals surface area contributed by atoms with Gasteiger partial charge in [-0.3, -0.25) is 4.79 Å². The van der Waals surface area contributed by atoms with E-state index in [0.29, 0.717) is 6.42 Å². The summed E-state index contributed by atoms with van der Waals surface area (Å²) in [4.78, 5) is 12.8. The predicted octanol–water partition coefficient (Wildman–Crippen LogP) is 0.331. The number of carbonyl (C=O) groups excluding carboxylic acids is 1. The molecule has 1 heterocycles. The molecule has 1 aliphatic heterocycles. The molecule has 0 aromatic carbocycles. The van der Waals surface area contributed by atoms with Crippen LogP contribution in [0.4, 0.5) is 0 Å². The molecule has 0 radical (unpaired) electrons. The molecule has 1 unspecified atom stereocenters. The molecule has 0 bridgehead atoms. The van der Waals surface area contributed by atoms with Crippen LogP contribution in [0, 0.1) is 12.0 Å². The fourth-order valence-electron chi connectivity index (χ4n) is 1.25. The molecule has 0 aromatic heterocycles. The van der Waals surface area contributed by atoms with E-state index in [2.05, 4.69) is 5.92 Å². The Bertz CT molecular complexity index is 214. The van der Waals surface area contributed by atoms with E-state index in [1.165, 1.54) is 0 Å². The molecular weight excluding hydrogens is 142 g/mol. The fraction of sp³-hybridized carbons (Fsp3) is 0.625. The molecule has 0 saturated carbocycles. The van der Waals surface area contributed by atoms with E-state index in [1.807, 2.05) is 13.0 Å². The van der Waals surface area contributed by atoms with Crippen LogP contribution < -0.4 is 0 Å². The Labute approximate surface area is 66.0 Å². The topological polar surface area (TPSA) is 40.5 Å². The van der Waals surface area contributed by atoms with Crippen molar-refractivity contribution in [2.24, 2.45) is 0 Å². The molecule has 1 aliphatic rings. The first-order chi connectivity index (χ1) is 5.25. The molecule has 1 saturated heterocycles. The van der Waals surface area contributed by atoms with Gasteiger partial charge in [-0.25, -0.2) is 0 Å². The van der Waals surface area contributed by atoms with Gasteiger partial charge in [0.1, 0.15) is 6.11 Å². The third-order valence-corrected chi connectivity index (χ3v) is 1.85. The normalized spacial score (nSPS) is 19.4. The lowest BCUT2D eigenvalue weighted by Crippen LogP contribution is -2.32. The molecule has 0 aromatic rings. The van der Waals surface area contributed by atoms with E-state index in [9.17, 15) is 4.79 Å². The highest BCUT2D eigenvalue weighted by Crippen LogP contribution is 2.12. The van der Waals surface area contributed by atoms with Crippen molar-refractivity contribution in [3.05, 3.63) is 0 Å². The Morgan fingerprint density at radius 3 is 2.91 bits per heavy atom. The van der Waals surface area contributed by atoms with E-state index in [1.54, 1.807) is 4.90 Å². The van der Waals surface area contributed by atoms with Crippen molar-refractivity contribution in [1.29, 1.82) is 0 Å². The molecule has 0 aliphatic carbocycles. The van der Waals surface area contributed by atoms with E-state index in [0.717, 1.165) is 13.0 Å². The van der Waals surface area contributed by atoms with Gasteiger partial charge in [0.25, 0.3) is 0 Å². The number of hydrogen-bond donors (Lipinski definition) is 1. The van der Waals surface area contributed by atoms with E-state index < -0.39 is 0 Å². The van der Waals surface area contributed by atoms with Gasteiger partial charge in [-0.05, 0) is 19.3 Å². The maximum atomic E-state index is 11.1. The van der Waals surface area contributed by atoms with Crippen molar-refractivity contribution in [3.8, 4) is 12.0 Å². The van der Waals surface area contributed by atoms with Gasteiger partial charge in [-0.2, -0.15) is 0 Å². The Balaban J connectivity index is 2.57. The van der Waals surface area contributed by atoms with E-state index in [4.69, 9.17) is 5.11 Å².